The Morgan fingerprint density at radius 2 is 1.96 bits per heavy atom. The van der Waals surface area contributed by atoms with Gasteiger partial charge in [0.05, 0.1) is 5.69 Å². The van der Waals surface area contributed by atoms with Gasteiger partial charge in [-0.05, 0) is 56.5 Å². The molecule has 5 heteroatoms. The second-order valence-electron chi connectivity index (χ2n) is 6.04. The largest absolute Gasteiger partial charge is 0.439 e. The number of pyridine rings is 1. The Morgan fingerprint density at radius 1 is 1.16 bits per heavy atom. The van der Waals surface area contributed by atoms with Crippen molar-refractivity contribution in [3.8, 4) is 22.8 Å². The summed E-state index contributed by atoms with van der Waals surface area (Å²) in [5, 5.41) is 6.61. The number of H-pyrrole nitrogens is 1. The number of nitrogens with one attached hydrogen (secondary N) is 1. The van der Waals surface area contributed by atoms with Crippen molar-refractivity contribution < 1.29 is 4.74 Å². The molecule has 3 aromatic rings. The first-order valence-electron chi connectivity index (χ1n) is 8.30. The van der Waals surface area contributed by atoms with Crippen molar-refractivity contribution in [3.05, 3.63) is 69.3 Å². The van der Waals surface area contributed by atoms with E-state index >= 15 is 0 Å². The molecule has 3 rings (SSSR count). The van der Waals surface area contributed by atoms with Crippen LogP contribution in [0.5, 0.6) is 11.6 Å². The van der Waals surface area contributed by atoms with Gasteiger partial charge in [-0.15, -0.1) is 0 Å². The van der Waals surface area contributed by atoms with E-state index in [1.165, 1.54) is 0 Å². The van der Waals surface area contributed by atoms with Crippen LogP contribution in [0.4, 0.5) is 0 Å². The third kappa shape index (κ3) is 3.31. The Balaban J connectivity index is 2.00. The Hall–Kier alpha value is -2.95. The lowest BCUT2D eigenvalue weighted by Gasteiger charge is -2.13. The first kappa shape index (κ1) is 16.9. The molecule has 0 unspecified atom stereocenters. The highest BCUT2D eigenvalue weighted by atomic mass is 16.5. The SMILES string of the molecule is CCc1cccnc1Oc1ccc(-c2c(C)n[nH]c(=O)c2C)c(C)c1. The molecule has 0 aliphatic rings. The number of hydrogen-bond donors (Lipinski definition) is 1. The van der Waals surface area contributed by atoms with Crippen molar-refractivity contribution in [3.63, 3.8) is 0 Å². The molecule has 1 aromatic carbocycles. The molecule has 5 nitrogen and oxygen atoms in total. The minimum absolute atomic E-state index is 0.165. The number of aryl methyl sites for hydroxylation is 3. The molecule has 0 radical (unpaired) electrons. The van der Waals surface area contributed by atoms with E-state index < -0.39 is 0 Å². The molecule has 0 saturated heterocycles. The molecule has 128 valence electrons. The average Bonchev–Trinajstić information content (AvgIpc) is 2.61. The summed E-state index contributed by atoms with van der Waals surface area (Å²) in [4.78, 5) is 16.2. The van der Waals surface area contributed by atoms with E-state index in [-0.39, 0.29) is 5.56 Å². The smallest absolute Gasteiger partial charge is 0.267 e. The van der Waals surface area contributed by atoms with Crippen molar-refractivity contribution >= 4 is 0 Å². The maximum absolute atomic E-state index is 11.9. The van der Waals surface area contributed by atoms with Gasteiger partial charge in [-0.3, -0.25) is 4.79 Å². The van der Waals surface area contributed by atoms with Gasteiger partial charge in [0.1, 0.15) is 5.75 Å². The van der Waals surface area contributed by atoms with Crippen LogP contribution in [0.25, 0.3) is 11.1 Å². The maximum Gasteiger partial charge on any atom is 0.267 e. The van der Waals surface area contributed by atoms with Crippen molar-refractivity contribution in [1.29, 1.82) is 0 Å². The summed E-state index contributed by atoms with van der Waals surface area (Å²) in [6, 6.07) is 9.75. The highest BCUT2D eigenvalue weighted by molar-refractivity contribution is 5.72. The molecule has 0 aliphatic heterocycles. The fraction of sp³-hybridized carbons (Fsp3) is 0.250. The number of benzene rings is 1. The summed E-state index contributed by atoms with van der Waals surface area (Å²) in [7, 11) is 0. The molecule has 0 atom stereocenters. The molecule has 0 amide bonds. The van der Waals surface area contributed by atoms with Crippen molar-refractivity contribution in [2.75, 3.05) is 0 Å². The van der Waals surface area contributed by atoms with Gasteiger partial charge in [0.2, 0.25) is 5.88 Å². The Bertz CT molecular complexity index is 977. The Labute approximate surface area is 146 Å². The molecule has 0 bridgehead atoms. The minimum atomic E-state index is -0.165. The van der Waals surface area contributed by atoms with E-state index in [1.54, 1.807) is 6.20 Å². The molecular formula is C20H21N3O2. The second kappa shape index (κ2) is 6.89. The van der Waals surface area contributed by atoms with Gasteiger partial charge in [0.15, 0.2) is 0 Å². The summed E-state index contributed by atoms with van der Waals surface area (Å²) in [5.41, 5.74) is 5.24. The van der Waals surface area contributed by atoms with E-state index in [1.807, 2.05) is 51.1 Å². The monoisotopic (exact) mass is 335 g/mol. The number of aromatic amines is 1. The summed E-state index contributed by atoms with van der Waals surface area (Å²) in [5.74, 6) is 1.35. The van der Waals surface area contributed by atoms with E-state index in [9.17, 15) is 4.79 Å². The average molecular weight is 335 g/mol. The quantitative estimate of drug-likeness (QED) is 0.779. The zero-order valence-electron chi connectivity index (χ0n) is 14.9. The molecular weight excluding hydrogens is 314 g/mol. The maximum atomic E-state index is 11.9. The number of nitrogens with zero attached hydrogens (tertiary/aromatic N) is 2. The van der Waals surface area contributed by atoms with Gasteiger partial charge in [-0.2, -0.15) is 5.10 Å². The van der Waals surface area contributed by atoms with Crippen LogP contribution in [-0.2, 0) is 6.42 Å². The Kier molecular flexibility index (Phi) is 4.65. The topological polar surface area (TPSA) is 67.9 Å². The molecule has 25 heavy (non-hydrogen) atoms. The number of aromatic nitrogens is 3. The summed E-state index contributed by atoms with van der Waals surface area (Å²) in [6.07, 6.45) is 2.58. The number of rotatable bonds is 4. The fourth-order valence-electron chi connectivity index (χ4n) is 2.93. The lowest BCUT2D eigenvalue weighted by atomic mass is 9.96. The molecule has 0 fully saturated rings. The summed E-state index contributed by atoms with van der Waals surface area (Å²) in [6.45, 7) is 7.78. The lowest BCUT2D eigenvalue weighted by molar-refractivity contribution is 0.456. The highest BCUT2D eigenvalue weighted by Crippen LogP contribution is 2.31. The van der Waals surface area contributed by atoms with Gasteiger partial charge in [0, 0.05) is 22.9 Å². The lowest BCUT2D eigenvalue weighted by Crippen LogP contribution is -2.14. The number of ether oxygens (including phenoxy) is 1. The standard InChI is InChI=1S/C20H21N3O2/c1-5-15-7-6-10-21-20(15)25-16-8-9-17(12(2)11-16)18-13(3)19(24)23-22-14(18)4/h6-11H,5H2,1-4H3,(H,23,24). The van der Waals surface area contributed by atoms with Crippen molar-refractivity contribution in [2.24, 2.45) is 0 Å². The molecule has 2 heterocycles. The second-order valence-corrected chi connectivity index (χ2v) is 6.04. The van der Waals surface area contributed by atoms with Crippen LogP contribution in [0.2, 0.25) is 0 Å². The fourth-order valence-corrected chi connectivity index (χ4v) is 2.93. The first-order chi connectivity index (χ1) is 12.0. The van der Waals surface area contributed by atoms with E-state index in [0.29, 0.717) is 11.4 Å². The predicted octanol–water partition coefficient (Wildman–Crippen LogP) is 4.11. The van der Waals surface area contributed by atoms with E-state index in [0.717, 1.165) is 40.1 Å². The normalized spacial score (nSPS) is 10.7. The molecule has 2 aromatic heterocycles. The minimum Gasteiger partial charge on any atom is -0.439 e. The third-order valence-corrected chi connectivity index (χ3v) is 4.32. The summed E-state index contributed by atoms with van der Waals surface area (Å²) < 4.78 is 5.96. The van der Waals surface area contributed by atoms with Crippen LogP contribution in [0.15, 0.2) is 41.3 Å². The zero-order chi connectivity index (χ0) is 18.0. The van der Waals surface area contributed by atoms with Crippen molar-refractivity contribution in [1.82, 2.24) is 15.2 Å². The van der Waals surface area contributed by atoms with Gasteiger partial charge in [0.25, 0.3) is 5.56 Å². The van der Waals surface area contributed by atoms with Crippen LogP contribution in [0.3, 0.4) is 0 Å². The Morgan fingerprint density at radius 3 is 2.68 bits per heavy atom. The zero-order valence-corrected chi connectivity index (χ0v) is 14.9. The van der Waals surface area contributed by atoms with Crippen molar-refractivity contribution in [2.45, 2.75) is 34.1 Å². The summed E-state index contributed by atoms with van der Waals surface area (Å²) >= 11 is 0. The van der Waals surface area contributed by atoms with Crippen LogP contribution in [-0.4, -0.2) is 15.2 Å². The molecule has 1 N–H and O–H groups in total. The van der Waals surface area contributed by atoms with Gasteiger partial charge >= 0.3 is 0 Å². The van der Waals surface area contributed by atoms with Gasteiger partial charge in [-0.1, -0.05) is 19.1 Å². The van der Waals surface area contributed by atoms with Gasteiger partial charge in [-0.25, -0.2) is 10.1 Å². The van der Waals surface area contributed by atoms with Crippen LogP contribution in [0, 0.1) is 20.8 Å². The molecule has 0 spiro atoms. The molecule has 0 aliphatic carbocycles. The molecule has 0 saturated carbocycles. The van der Waals surface area contributed by atoms with Crippen LogP contribution < -0.4 is 10.3 Å². The van der Waals surface area contributed by atoms with Gasteiger partial charge < -0.3 is 4.74 Å². The van der Waals surface area contributed by atoms with Crippen LogP contribution >= 0.6 is 0 Å². The van der Waals surface area contributed by atoms with E-state index in [4.69, 9.17) is 4.74 Å². The van der Waals surface area contributed by atoms with Crippen LogP contribution in [0.1, 0.15) is 29.3 Å². The predicted molar refractivity (Wildman–Crippen MR) is 98.2 cm³/mol. The van der Waals surface area contributed by atoms with E-state index in [2.05, 4.69) is 22.1 Å². The highest BCUT2D eigenvalue weighted by Gasteiger charge is 2.13. The first-order valence-corrected chi connectivity index (χ1v) is 8.30. The third-order valence-electron chi connectivity index (χ3n) is 4.32. The number of hydrogen-bond acceptors (Lipinski definition) is 4.